The molecule has 6 nitrogen and oxygen atoms in total. The number of aromatic nitrogens is 1. The van der Waals surface area contributed by atoms with Gasteiger partial charge in [-0.1, -0.05) is 30.3 Å². The number of esters is 1. The maximum absolute atomic E-state index is 12.0. The van der Waals surface area contributed by atoms with Crippen LogP contribution in [0.1, 0.15) is 34.5 Å². The summed E-state index contributed by atoms with van der Waals surface area (Å²) in [5.74, 6) is 0.513. The number of phenols is 1. The summed E-state index contributed by atoms with van der Waals surface area (Å²) in [5, 5.41) is 15.4. The zero-order valence-corrected chi connectivity index (χ0v) is 17.9. The predicted molar refractivity (Wildman–Crippen MR) is 124 cm³/mol. The van der Waals surface area contributed by atoms with Gasteiger partial charge in [0.2, 0.25) is 0 Å². The molecule has 0 fully saturated rings. The van der Waals surface area contributed by atoms with Gasteiger partial charge in [0.25, 0.3) is 0 Å². The molecule has 0 bridgehead atoms. The van der Waals surface area contributed by atoms with E-state index in [9.17, 15) is 9.90 Å². The molecular formula is C26H24N2O4. The monoisotopic (exact) mass is 428 g/mol. The summed E-state index contributed by atoms with van der Waals surface area (Å²) in [6.07, 6.45) is 1.66. The van der Waals surface area contributed by atoms with Crippen molar-refractivity contribution in [3.8, 4) is 11.5 Å². The largest absolute Gasteiger partial charge is 0.505 e. The van der Waals surface area contributed by atoms with E-state index in [4.69, 9.17) is 9.47 Å². The van der Waals surface area contributed by atoms with Crippen LogP contribution in [-0.2, 0) is 4.74 Å². The molecule has 4 aromatic rings. The van der Waals surface area contributed by atoms with Crippen LogP contribution in [0.3, 0.4) is 0 Å². The molecule has 0 aliphatic carbocycles. The summed E-state index contributed by atoms with van der Waals surface area (Å²) in [7, 11) is 1.62. The number of pyridine rings is 1. The Morgan fingerprint density at radius 2 is 1.78 bits per heavy atom. The van der Waals surface area contributed by atoms with E-state index in [1.54, 1.807) is 32.4 Å². The van der Waals surface area contributed by atoms with Gasteiger partial charge in [-0.15, -0.1) is 0 Å². The molecule has 1 atom stereocenters. The van der Waals surface area contributed by atoms with Gasteiger partial charge in [-0.3, -0.25) is 4.98 Å². The van der Waals surface area contributed by atoms with E-state index in [-0.39, 0.29) is 17.8 Å². The molecular weight excluding hydrogens is 404 g/mol. The molecule has 0 unspecified atom stereocenters. The predicted octanol–water partition coefficient (Wildman–Crippen LogP) is 5.33. The fraction of sp³-hybridized carbons (Fsp3) is 0.154. The highest BCUT2D eigenvalue weighted by molar-refractivity contribution is 5.90. The number of ether oxygens (including phenoxy) is 2. The zero-order valence-electron chi connectivity index (χ0n) is 17.9. The number of hydrogen-bond donors (Lipinski definition) is 2. The number of aromatic hydroxyl groups is 1. The molecule has 162 valence electrons. The van der Waals surface area contributed by atoms with Crippen molar-refractivity contribution in [3.05, 3.63) is 95.7 Å². The number of nitrogens with zero attached hydrogens (tertiary/aromatic N) is 1. The third-order valence-electron chi connectivity index (χ3n) is 5.25. The Balaban J connectivity index is 1.73. The van der Waals surface area contributed by atoms with Crippen LogP contribution < -0.4 is 10.1 Å². The fourth-order valence-electron chi connectivity index (χ4n) is 3.60. The number of phenolic OH excluding ortho intramolecular Hbond substituents is 1. The molecule has 6 heteroatoms. The quantitative estimate of drug-likeness (QED) is 0.388. The minimum Gasteiger partial charge on any atom is -0.505 e. The molecule has 0 saturated heterocycles. The van der Waals surface area contributed by atoms with Gasteiger partial charge in [-0.2, -0.15) is 0 Å². The summed E-state index contributed by atoms with van der Waals surface area (Å²) in [5.41, 5.74) is 3.44. The summed E-state index contributed by atoms with van der Waals surface area (Å²) < 4.78 is 10.3. The third kappa shape index (κ3) is 4.34. The topological polar surface area (TPSA) is 80.7 Å². The van der Waals surface area contributed by atoms with Crippen molar-refractivity contribution >= 4 is 22.6 Å². The molecule has 2 N–H and O–H groups in total. The standard InChI is InChI=1S/C26H24N2O4/c1-3-32-26(30)19-6-11-20(12-7-19)28-23(18-8-13-21(31-2)14-9-18)22-15-10-17-5-4-16-27-24(17)25(22)29/h4-16,23,28-29H,3H2,1-2H3/t23-/m1/s1. The minimum atomic E-state index is -0.360. The van der Waals surface area contributed by atoms with Gasteiger partial charge in [-0.25, -0.2) is 4.79 Å². The number of carbonyl (C=O) groups is 1. The van der Waals surface area contributed by atoms with Crippen LogP contribution in [-0.4, -0.2) is 29.8 Å². The summed E-state index contributed by atoms with van der Waals surface area (Å²) in [6, 6.07) is 22.0. The maximum atomic E-state index is 12.0. The lowest BCUT2D eigenvalue weighted by atomic mass is 9.95. The van der Waals surface area contributed by atoms with Crippen molar-refractivity contribution in [2.24, 2.45) is 0 Å². The molecule has 0 radical (unpaired) electrons. The highest BCUT2D eigenvalue weighted by Crippen LogP contribution is 2.37. The molecule has 0 spiro atoms. The van der Waals surface area contributed by atoms with E-state index in [1.807, 2.05) is 60.7 Å². The molecule has 0 saturated carbocycles. The van der Waals surface area contributed by atoms with Crippen molar-refractivity contribution in [1.82, 2.24) is 4.98 Å². The third-order valence-corrected chi connectivity index (χ3v) is 5.25. The summed E-state index contributed by atoms with van der Waals surface area (Å²) >= 11 is 0. The molecule has 32 heavy (non-hydrogen) atoms. The first kappa shape index (κ1) is 21.2. The number of benzene rings is 3. The number of carbonyl (C=O) groups excluding carboxylic acids is 1. The Morgan fingerprint density at radius 3 is 2.47 bits per heavy atom. The zero-order chi connectivity index (χ0) is 22.5. The first-order chi connectivity index (χ1) is 15.6. The van der Waals surface area contributed by atoms with Gasteiger partial charge in [0.1, 0.15) is 17.0 Å². The van der Waals surface area contributed by atoms with Gasteiger partial charge in [0, 0.05) is 22.8 Å². The SMILES string of the molecule is CCOC(=O)c1ccc(N[C@H](c2ccc(OC)cc2)c2ccc3cccnc3c2O)cc1. The smallest absolute Gasteiger partial charge is 0.338 e. The number of hydrogen-bond acceptors (Lipinski definition) is 6. The van der Waals surface area contributed by atoms with Gasteiger partial charge in [0.05, 0.1) is 25.3 Å². The van der Waals surface area contributed by atoms with Gasteiger partial charge >= 0.3 is 5.97 Å². The van der Waals surface area contributed by atoms with E-state index in [1.165, 1.54) is 0 Å². The lowest BCUT2D eigenvalue weighted by molar-refractivity contribution is 0.0526. The van der Waals surface area contributed by atoms with Crippen LogP contribution >= 0.6 is 0 Å². The Hall–Kier alpha value is -4.06. The lowest BCUT2D eigenvalue weighted by Gasteiger charge is -2.23. The number of anilines is 1. The number of fused-ring (bicyclic) bond motifs is 1. The fourth-order valence-corrected chi connectivity index (χ4v) is 3.60. The number of rotatable bonds is 7. The Kier molecular flexibility index (Phi) is 6.22. The van der Waals surface area contributed by atoms with Crippen molar-refractivity contribution in [3.63, 3.8) is 0 Å². The molecule has 1 aromatic heterocycles. The van der Waals surface area contributed by atoms with Crippen LogP contribution in [0.25, 0.3) is 10.9 Å². The molecule has 0 aliphatic heterocycles. The normalized spacial score (nSPS) is 11.7. The van der Waals surface area contributed by atoms with Crippen molar-refractivity contribution in [2.75, 3.05) is 19.0 Å². The Bertz CT molecular complexity index is 1220. The summed E-state index contributed by atoms with van der Waals surface area (Å²) in [4.78, 5) is 16.3. The highest BCUT2D eigenvalue weighted by atomic mass is 16.5. The average Bonchev–Trinajstić information content (AvgIpc) is 2.84. The van der Waals surface area contributed by atoms with Crippen LogP contribution in [0, 0.1) is 0 Å². The molecule has 3 aromatic carbocycles. The lowest BCUT2D eigenvalue weighted by Crippen LogP contribution is -2.13. The average molecular weight is 428 g/mol. The molecule has 1 heterocycles. The molecule has 0 aliphatic rings. The second-order valence-electron chi connectivity index (χ2n) is 7.23. The van der Waals surface area contributed by atoms with E-state index in [0.29, 0.717) is 23.3 Å². The van der Waals surface area contributed by atoms with Crippen molar-refractivity contribution in [2.45, 2.75) is 13.0 Å². The Morgan fingerprint density at radius 1 is 1.03 bits per heavy atom. The van der Waals surface area contributed by atoms with Crippen LogP contribution in [0.2, 0.25) is 0 Å². The van der Waals surface area contributed by atoms with E-state index in [2.05, 4.69) is 10.3 Å². The van der Waals surface area contributed by atoms with Crippen LogP contribution in [0.15, 0.2) is 79.0 Å². The van der Waals surface area contributed by atoms with Crippen LogP contribution in [0.4, 0.5) is 5.69 Å². The Labute approximate surface area is 186 Å². The van der Waals surface area contributed by atoms with Gasteiger partial charge < -0.3 is 19.9 Å². The first-order valence-electron chi connectivity index (χ1n) is 10.3. The highest BCUT2D eigenvalue weighted by Gasteiger charge is 2.20. The summed E-state index contributed by atoms with van der Waals surface area (Å²) in [6.45, 7) is 2.10. The number of nitrogens with one attached hydrogen (secondary N) is 1. The van der Waals surface area contributed by atoms with E-state index >= 15 is 0 Å². The van der Waals surface area contributed by atoms with E-state index in [0.717, 1.165) is 22.4 Å². The van der Waals surface area contributed by atoms with Gasteiger partial charge in [-0.05, 0) is 55.0 Å². The molecule has 4 rings (SSSR count). The maximum Gasteiger partial charge on any atom is 0.338 e. The van der Waals surface area contributed by atoms with Crippen molar-refractivity contribution in [1.29, 1.82) is 0 Å². The minimum absolute atomic E-state index is 0.125. The van der Waals surface area contributed by atoms with E-state index < -0.39 is 0 Å². The first-order valence-corrected chi connectivity index (χ1v) is 10.3. The molecule has 0 amide bonds. The van der Waals surface area contributed by atoms with Crippen molar-refractivity contribution < 1.29 is 19.4 Å². The second-order valence-corrected chi connectivity index (χ2v) is 7.23. The second kappa shape index (κ2) is 9.39. The number of methoxy groups -OCH3 is 1. The van der Waals surface area contributed by atoms with Gasteiger partial charge in [0.15, 0.2) is 0 Å². The van der Waals surface area contributed by atoms with Crippen LogP contribution in [0.5, 0.6) is 11.5 Å².